The van der Waals surface area contributed by atoms with Crippen LogP contribution in [0.5, 0.6) is 0 Å². The van der Waals surface area contributed by atoms with E-state index >= 15 is 0 Å². The minimum Gasteiger partial charge on any atom is -0.397 e. The average molecular weight is 326 g/mol. The van der Waals surface area contributed by atoms with Gasteiger partial charge in [0.25, 0.3) is 5.91 Å². The molecule has 24 heavy (non-hydrogen) atoms. The highest BCUT2D eigenvalue weighted by atomic mass is 16.1. The third-order valence-electron chi connectivity index (χ3n) is 4.07. The molecule has 0 atom stereocenters. The maximum Gasteiger partial charge on any atom is 0.255 e. The Morgan fingerprint density at radius 1 is 1.04 bits per heavy atom. The van der Waals surface area contributed by atoms with Gasteiger partial charge in [0, 0.05) is 17.3 Å². The van der Waals surface area contributed by atoms with Crippen molar-refractivity contribution in [1.29, 1.82) is 0 Å². The van der Waals surface area contributed by atoms with Crippen molar-refractivity contribution in [3.63, 3.8) is 0 Å². The van der Waals surface area contributed by atoms with Crippen LogP contribution in [-0.4, -0.2) is 25.0 Å². The fraction of sp³-hybridized carbons (Fsp3) is 0.316. The van der Waals surface area contributed by atoms with E-state index < -0.39 is 0 Å². The van der Waals surface area contributed by atoms with Crippen LogP contribution in [0, 0.1) is 0 Å². The van der Waals surface area contributed by atoms with Crippen LogP contribution in [0.2, 0.25) is 0 Å². The molecule has 2 aromatic rings. The first-order valence-electron chi connectivity index (χ1n) is 7.95. The minimum absolute atomic E-state index is 0. The molecule has 0 bridgehead atoms. The zero-order valence-electron chi connectivity index (χ0n) is 13.0. The summed E-state index contributed by atoms with van der Waals surface area (Å²) in [6.45, 7) is 2.10. The van der Waals surface area contributed by atoms with Gasteiger partial charge in [0.05, 0.1) is 11.4 Å². The van der Waals surface area contributed by atoms with Crippen molar-refractivity contribution >= 4 is 23.0 Å². The lowest BCUT2D eigenvalue weighted by Gasteiger charge is -2.24. The number of piperidine rings is 1. The molecule has 1 aliphatic heterocycles. The Morgan fingerprint density at radius 3 is 2.38 bits per heavy atom. The first-order valence-corrected chi connectivity index (χ1v) is 7.95. The lowest BCUT2D eigenvalue weighted by molar-refractivity contribution is 0.102. The molecule has 0 aromatic heterocycles. The Hall–Kier alpha value is -2.53. The number of hydrogen-bond acceptors (Lipinski definition) is 4. The molecule has 1 fully saturated rings. The van der Waals surface area contributed by atoms with E-state index in [1.807, 2.05) is 36.4 Å². The van der Waals surface area contributed by atoms with Gasteiger partial charge in [-0.1, -0.05) is 19.6 Å². The summed E-state index contributed by atoms with van der Waals surface area (Å²) < 4.78 is 0. The van der Waals surface area contributed by atoms with Gasteiger partial charge in [-0.05, 0) is 62.3 Å². The highest BCUT2D eigenvalue weighted by Crippen LogP contribution is 2.19. The smallest absolute Gasteiger partial charge is 0.255 e. The number of rotatable bonds is 4. The summed E-state index contributed by atoms with van der Waals surface area (Å²) in [6.07, 6.45) is 2.24. The Labute approximate surface area is 143 Å². The summed E-state index contributed by atoms with van der Waals surface area (Å²) in [7, 11) is 0. The lowest BCUT2D eigenvalue weighted by atomic mass is 10.1. The van der Waals surface area contributed by atoms with E-state index in [-0.39, 0.29) is 13.3 Å². The van der Waals surface area contributed by atoms with Gasteiger partial charge in [0.15, 0.2) is 0 Å². The first-order chi connectivity index (χ1) is 11.2. The predicted molar refractivity (Wildman–Crippen MR) is 101 cm³/mol. The molecule has 0 radical (unpaired) electrons. The van der Waals surface area contributed by atoms with E-state index in [0.717, 1.165) is 31.6 Å². The number of anilines is 3. The van der Waals surface area contributed by atoms with Crippen molar-refractivity contribution in [3.05, 3.63) is 54.1 Å². The zero-order valence-corrected chi connectivity index (χ0v) is 13.0. The summed E-state index contributed by atoms with van der Waals surface area (Å²) in [6, 6.07) is 15.3. The topological polar surface area (TPSA) is 79.2 Å². The van der Waals surface area contributed by atoms with Crippen LogP contribution < -0.4 is 21.7 Å². The molecule has 3 rings (SSSR count). The van der Waals surface area contributed by atoms with Crippen molar-refractivity contribution in [2.24, 2.45) is 0 Å². The second-order valence-corrected chi connectivity index (χ2v) is 5.79. The van der Waals surface area contributed by atoms with Crippen LogP contribution in [0.15, 0.2) is 48.5 Å². The summed E-state index contributed by atoms with van der Waals surface area (Å²) in [5.74, 6) is -0.156. The van der Waals surface area contributed by atoms with Gasteiger partial charge in [-0.3, -0.25) is 4.79 Å². The van der Waals surface area contributed by atoms with Crippen molar-refractivity contribution in [1.82, 2.24) is 5.32 Å². The first kappa shape index (κ1) is 17.8. The number of nitrogens with two attached hydrogens (primary N) is 1. The van der Waals surface area contributed by atoms with Gasteiger partial charge in [-0.2, -0.15) is 0 Å². The van der Waals surface area contributed by atoms with Crippen LogP contribution >= 0.6 is 0 Å². The molecule has 5 N–H and O–H groups in total. The third kappa shape index (κ3) is 4.49. The van der Waals surface area contributed by atoms with E-state index in [4.69, 9.17) is 5.73 Å². The highest BCUT2D eigenvalue weighted by molar-refractivity contribution is 6.05. The molecule has 0 aliphatic carbocycles. The maximum absolute atomic E-state index is 12.3. The molecule has 5 heteroatoms. The number of nitrogen functional groups attached to an aromatic ring is 1. The van der Waals surface area contributed by atoms with Gasteiger partial charge in [0.1, 0.15) is 0 Å². The molecule has 1 aliphatic rings. The van der Waals surface area contributed by atoms with Crippen molar-refractivity contribution in [2.45, 2.75) is 26.3 Å². The standard InChI is InChI=1S/C18H22N4O.CH4/c19-16-3-1-2-4-17(16)22-18(23)13-5-7-14(8-6-13)21-15-9-11-20-12-10-15;/h1-8,15,20-21H,9-12,19H2,(H,22,23);1H4. The van der Waals surface area contributed by atoms with Gasteiger partial charge in [-0.15, -0.1) is 0 Å². The van der Waals surface area contributed by atoms with Crippen LogP contribution in [0.3, 0.4) is 0 Å². The molecule has 128 valence electrons. The molecular weight excluding hydrogens is 300 g/mol. The Balaban J connectivity index is 0.00000208. The molecule has 0 spiro atoms. The van der Waals surface area contributed by atoms with E-state index in [2.05, 4.69) is 16.0 Å². The van der Waals surface area contributed by atoms with Crippen LogP contribution in [-0.2, 0) is 0 Å². The Kier molecular flexibility index (Phi) is 6.21. The van der Waals surface area contributed by atoms with Crippen LogP contribution in [0.1, 0.15) is 30.6 Å². The van der Waals surface area contributed by atoms with Crippen molar-refractivity contribution in [3.8, 4) is 0 Å². The maximum atomic E-state index is 12.3. The summed E-state index contributed by atoms with van der Waals surface area (Å²) in [4.78, 5) is 12.3. The van der Waals surface area contributed by atoms with Gasteiger partial charge >= 0.3 is 0 Å². The third-order valence-corrected chi connectivity index (χ3v) is 4.07. The highest BCUT2D eigenvalue weighted by Gasteiger charge is 2.13. The molecule has 1 saturated heterocycles. The monoisotopic (exact) mass is 326 g/mol. The number of amides is 1. The van der Waals surface area contributed by atoms with Crippen molar-refractivity contribution in [2.75, 3.05) is 29.5 Å². The summed E-state index contributed by atoms with van der Waals surface area (Å²) in [5.41, 5.74) is 8.70. The molecule has 1 heterocycles. The molecule has 1 amide bonds. The van der Waals surface area contributed by atoms with Crippen LogP contribution in [0.4, 0.5) is 17.1 Å². The molecular formula is C19H26N4O. The fourth-order valence-electron chi connectivity index (χ4n) is 2.73. The van der Waals surface area contributed by atoms with Gasteiger partial charge in [0.2, 0.25) is 0 Å². The Morgan fingerprint density at radius 2 is 1.71 bits per heavy atom. The number of para-hydroxylation sites is 2. The van der Waals surface area contributed by atoms with E-state index in [1.54, 1.807) is 12.1 Å². The normalized spacial score (nSPS) is 14.5. The van der Waals surface area contributed by atoms with Crippen molar-refractivity contribution < 1.29 is 4.79 Å². The fourth-order valence-corrected chi connectivity index (χ4v) is 2.73. The number of hydrogen-bond donors (Lipinski definition) is 4. The summed E-state index contributed by atoms with van der Waals surface area (Å²) >= 11 is 0. The zero-order chi connectivity index (χ0) is 16.1. The van der Waals surface area contributed by atoms with E-state index in [0.29, 0.717) is 23.0 Å². The van der Waals surface area contributed by atoms with E-state index in [1.165, 1.54) is 0 Å². The number of nitrogens with one attached hydrogen (secondary N) is 3. The van der Waals surface area contributed by atoms with Crippen LogP contribution in [0.25, 0.3) is 0 Å². The molecule has 5 nitrogen and oxygen atoms in total. The van der Waals surface area contributed by atoms with E-state index in [9.17, 15) is 4.79 Å². The number of carbonyl (C=O) groups is 1. The number of carbonyl (C=O) groups excluding carboxylic acids is 1. The average Bonchev–Trinajstić information content (AvgIpc) is 2.58. The summed E-state index contributed by atoms with van der Waals surface area (Å²) in [5, 5.41) is 9.70. The molecule has 0 unspecified atom stereocenters. The molecule has 0 saturated carbocycles. The Bertz CT molecular complexity index is 663. The quantitative estimate of drug-likeness (QED) is 0.650. The lowest BCUT2D eigenvalue weighted by Crippen LogP contribution is -2.35. The minimum atomic E-state index is -0.156. The predicted octanol–water partition coefficient (Wildman–Crippen LogP) is 3.32. The van der Waals surface area contributed by atoms with Gasteiger partial charge < -0.3 is 21.7 Å². The second-order valence-electron chi connectivity index (χ2n) is 5.79. The second kappa shape index (κ2) is 8.36. The largest absolute Gasteiger partial charge is 0.397 e. The van der Waals surface area contributed by atoms with Gasteiger partial charge in [-0.25, -0.2) is 0 Å². The SMILES string of the molecule is C.Nc1ccccc1NC(=O)c1ccc(NC2CCNCC2)cc1. The molecule has 2 aromatic carbocycles. The number of benzene rings is 2.